The number of aliphatic hydroxyl groups is 1. The van der Waals surface area contributed by atoms with E-state index in [1.807, 2.05) is 0 Å². The van der Waals surface area contributed by atoms with Crippen molar-refractivity contribution in [1.29, 1.82) is 0 Å². The topological polar surface area (TPSA) is 55.2 Å². The van der Waals surface area contributed by atoms with Gasteiger partial charge in [-0.15, -0.1) is 0 Å². The Balaban J connectivity index is 2.96. The van der Waals surface area contributed by atoms with E-state index in [0.717, 1.165) is 0 Å². The van der Waals surface area contributed by atoms with Crippen molar-refractivity contribution in [3.8, 4) is 5.75 Å². The van der Waals surface area contributed by atoms with Crippen molar-refractivity contribution in [3.63, 3.8) is 0 Å². The lowest BCUT2D eigenvalue weighted by Crippen LogP contribution is -1.95. The second-order valence-corrected chi connectivity index (χ2v) is 1.70. The van der Waals surface area contributed by atoms with E-state index in [9.17, 15) is 0 Å². The van der Waals surface area contributed by atoms with Crippen molar-refractivity contribution in [1.82, 2.24) is 9.97 Å². The van der Waals surface area contributed by atoms with Crippen molar-refractivity contribution >= 4 is 0 Å². The average Bonchev–Trinajstić information content (AvgIpc) is 2.04. The van der Waals surface area contributed by atoms with Crippen molar-refractivity contribution < 1.29 is 9.84 Å². The third kappa shape index (κ3) is 1.22. The van der Waals surface area contributed by atoms with Gasteiger partial charge in [0.25, 0.3) is 0 Å². The number of nitrogens with zero attached hydrogens (tertiary/aromatic N) is 2. The van der Waals surface area contributed by atoms with Gasteiger partial charge in [-0.3, -0.25) is 0 Å². The highest BCUT2D eigenvalue weighted by atomic mass is 16.5. The molecule has 0 aliphatic carbocycles. The molecule has 1 aromatic heterocycles. The molecular weight excluding hydrogens is 132 g/mol. The van der Waals surface area contributed by atoms with Crippen LogP contribution in [0.1, 0.15) is 5.69 Å². The minimum absolute atomic E-state index is 0.119. The zero-order valence-electron chi connectivity index (χ0n) is 5.61. The van der Waals surface area contributed by atoms with Crippen LogP contribution < -0.4 is 4.74 Å². The molecule has 0 atom stereocenters. The van der Waals surface area contributed by atoms with Crippen LogP contribution in [0.25, 0.3) is 0 Å². The van der Waals surface area contributed by atoms with E-state index in [1.165, 1.54) is 19.6 Å². The first-order chi connectivity index (χ1) is 4.88. The number of rotatable bonds is 2. The maximum atomic E-state index is 8.68. The molecule has 0 radical (unpaired) electrons. The van der Waals surface area contributed by atoms with Gasteiger partial charge in [-0.25, -0.2) is 9.97 Å². The maximum Gasteiger partial charge on any atom is 0.161 e. The van der Waals surface area contributed by atoms with Crippen LogP contribution in [0.5, 0.6) is 5.75 Å². The van der Waals surface area contributed by atoms with E-state index in [1.54, 1.807) is 0 Å². The Morgan fingerprint density at radius 2 is 2.50 bits per heavy atom. The molecular formula is C6H8N2O2. The fourth-order valence-corrected chi connectivity index (χ4v) is 0.631. The first-order valence-electron chi connectivity index (χ1n) is 2.82. The quantitative estimate of drug-likeness (QED) is 0.627. The molecule has 0 bridgehead atoms. The summed E-state index contributed by atoms with van der Waals surface area (Å²) in [7, 11) is 1.51. The van der Waals surface area contributed by atoms with Crippen LogP contribution in [0.3, 0.4) is 0 Å². The van der Waals surface area contributed by atoms with Gasteiger partial charge in [0.15, 0.2) is 5.75 Å². The molecule has 1 N–H and O–H groups in total. The van der Waals surface area contributed by atoms with Gasteiger partial charge < -0.3 is 9.84 Å². The third-order valence-corrected chi connectivity index (χ3v) is 1.13. The molecule has 4 nitrogen and oxygen atoms in total. The lowest BCUT2D eigenvalue weighted by molar-refractivity contribution is 0.267. The van der Waals surface area contributed by atoms with Gasteiger partial charge in [0, 0.05) is 0 Å². The second-order valence-electron chi connectivity index (χ2n) is 1.70. The molecule has 0 saturated heterocycles. The zero-order chi connectivity index (χ0) is 7.40. The molecule has 0 aliphatic rings. The molecule has 1 heterocycles. The third-order valence-electron chi connectivity index (χ3n) is 1.13. The van der Waals surface area contributed by atoms with E-state index < -0.39 is 0 Å². The number of methoxy groups -OCH3 is 1. The molecule has 0 aromatic carbocycles. The predicted octanol–water partition coefficient (Wildman–Crippen LogP) is -0.0225. The Labute approximate surface area is 58.5 Å². The molecule has 0 saturated carbocycles. The number of aromatic nitrogens is 2. The first-order valence-corrected chi connectivity index (χ1v) is 2.82. The summed E-state index contributed by atoms with van der Waals surface area (Å²) in [5.41, 5.74) is 0.512. The largest absolute Gasteiger partial charge is 0.493 e. The monoisotopic (exact) mass is 140 g/mol. The van der Waals surface area contributed by atoms with E-state index in [0.29, 0.717) is 11.4 Å². The minimum Gasteiger partial charge on any atom is -0.493 e. The summed E-state index contributed by atoms with van der Waals surface area (Å²) in [6.07, 6.45) is 2.88. The molecule has 0 unspecified atom stereocenters. The van der Waals surface area contributed by atoms with Crippen molar-refractivity contribution in [2.24, 2.45) is 0 Å². The molecule has 0 aliphatic heterocycles. The van der Waals surface area contributed by atoms with Crippen molar-refractivity contribution in [2.75, 3.05) is 7.11 Å². The second kappa shape index (κ2) is 3.12. The Morgan fingerprint density at radius 3 is 3.00 bits per heavy atom. The molecule has 54 valence electrons. The van der Waals surface area contributed by atoms with E-state index in [-0.39, 0.29) is 6.61 Å². The normalized spacial score (nSPS) is 9.40. The first kappa shape index (κ1) is 6.95. The molecule has 1 rings (SSSR count). The highest BCUT2D eigenvalue weighted by Gasteiger charge is 1.99. The average molecular weight is 140 g/mol. The summed E-state index contributed by atoms with van der Waals surface area (Å²) in [6, 6.07) is 0. The molecule has 4 heteroatoms. The van der Waals surface area contributed by atoms with Crippen LogP contribution >= 0.6 is 0 Å². The standard InChI is InChI=1S/C6H8N2O2/c1-10-6-2-7-4-8-5(6)3-9/h2,4,9H,3H2,1H3. The van der Waals surface area contributed by atoms with E-state index in [2.05, 4.69) is 9.97 Å². The summed E-state index contributed by atoms with van der Waals surface area (Å²) in [5, 5.41) is 8.68. The van der Waals surface area contributed by atoms with Gasteiger partial charge in [0.1, 0.15) is 12.0 Å². The van der Waals surface area contributed by atoms with Gasteiger partial charge in [-0.2, -0.15) is 0 Å². The smallest absolute Gasteiger partial charge is 0.161 e. The lowest BCUT2D eigenvalue weighted by atomic mass is 10.4. The highest BCUT2D eigenvalue weighted by molar-refractivity contribution is 5.21. The van der Waals surface area contributed by atoms with Gasteiger partial charge >= 0.3 is 0 Å². The molecule has 0 amide bonds. The Hall–Kier alpha value is -1.16. The van der Waals surface area contributed by atoms with E-state index >= 15 is 0 Å². The fraction of sp³-hybridized carbons (Fsp3) is 0.333. The number of aliphatic hydroxyl groups excluding tert-OH is 1. The Morgan fingerprint density at radius 1 is 1.70 bits per heavy atom. The Bertz CT molecular complexity index is 192. The molecule has 0 spiro atoms. The van der Waals surface area contributed by atoms with Crippen LogP contribution in [0.2, 0.25) is 0 Å². The minimum atomic E-state index is -0.119. The van der Waals surface area contributed by atoms with Crippen LogP contribution in [0.4, 0.5) is 0 Å². The fourth-order valence-electron chi connectivity index (χ4n) is 0.631. The Kier molecular flexibility index (Phi) is 2.17. The number of hydrogen-bond acceptors (Lipinski definition) is 4. The maximum absolute atomic E-state index is 8.68. The molecule has 1 aromatic rings. The number of ether oxygens (including phenoxy) is 1. The summed E-state index contributed by atoms with van der Waals surface area (Å²) in [5.74, 6) is 0.519. The van der Waals surface area contributed by atoms with Gasteiger partial charge in [-0.1, -0.05) is 0 Å². The van der Waals surface area contributed by atoms with Crippen LogP contribution in [-0.4, -0.2) is 22.2 Å². The highest BCUT2D eigenvalue weighted by Crippen LogP contribution is 2.11. The molecule has 0 fully saturated rings. The van der Waals surface area contributed by atoms with Gasteiger partial charge in [0.05, 0.1) is 19.9 Å². The summed E-state index contributed by atoms with van der Waals surface area (Å²) in [6.45, 7) is -0.119. The predicted molar refractivity (Wildman–Crippen MR) is 34.5 cm³/mol. The number of hydrogen-bond donors (Lipinski definition) is 1. The van der Waals surface area contributed by atoms with Gasteiger partial charge in [-0.05, 0) is 0 Å². The van der Waals surface area contributed by atoms with E-state index in [4.69, 9.17) is 9.84 Å². The van der Waals surface area contributed by atoms with Crippen molar-refractivity contribution in [3.05, 3.63) is 18.2 Å². The summed E-state index contributed by atoms with van der Waals surface area (Å²) < 4.78 is 4.85. The summed E-state index contributed by atoms with van der Waals surface area (Å²) in [4.78, 5) is 7.50. The SMILES string of the molecule is COc1cncnc1CO. The van der Waals surface area contributed by atoms with Crippen LogP contribution in [-0.2, 0) is 6.61 Å². The lowest BCUT2D eigenvalue weighted by Gasteiger charge is -2.01. The van der Waals surface area contributed by atoms with Crippen molar-refractivity contribution in [2.45, 2.75) is 6.61 Å². The van der Waals surface area contributed by atoms with Crippen LogP contribution in [0, 0.1) is 0 Å². The summed E-state index contributed by atoms with van der Waals surface area (Å²) >= 11 is 0. The zero-order valence-corrected chi connectivity index (χ0v) is 5.61. The molecule has 10 heavy (non-hydrogen) atoms. The van der Waals surface area contributed by atoms with Gasteiger partial charge in [0.2, 0.25) is 0 Å². The van der Waals surface area contributed by atoms with Crippen LogP contribution in [0.15, 0.2) is 12.5 Å².